The summed E-state index contributed by atoms with van der Waals surface area (Å²) in [5.74, 6) is -0.357. The summed E-state index contributed by atoms with van der Waals surface area (Å²) in [4.78, 5) is 12.5. The monoisotopic (exact) mass is 331 g/mol. The highest BCUT2D eigenvalue weighted by atomic mass is 127. The van der Waals surface area contributed by atoms with Crippen molar-refractivity contribution in [2.75, 3.05) is 13.6 Å². The van der Waals surface area contributed by atoms with E-state index in [1.54, 1.807) is 11.4 Å². The van der Waals surface area contributed by atoms with Crippen LogP contribution in [0.15, 0.2) is 11.4 Å². The lowest BCUT2D eigenvalue weighted by atomic mass is 10.3. The molecule has 0 spiro atoms. The highest BCUT2D eigenvalue weighted by molar-refractivity contribution is 14.1. The van der Waals surface area contributed by atoms with Crippen LogP contribution >= 0.6 is 33.9 Å². The summed E-state index contributed by atoms with van der Waals surface area (Å²) in [5, 5.41) is 1.67. The average molecular weight is 331 g/mol. The van der Waals surface area contributed by atoms with Gasteiger partial charge in [0.15, 0.2) is 0 Å². The third-order valence-electron chi connectivity index (χ3n) is 1.57. The number of amides is 1. The van der Waals surface area contributed by atoms with E-state index in [4.69, 9.17) is 0 Å². The van der Waals surface area contributed by atoms with Gasteiger partial charge in [0.2, 0.25) is 0 Å². The summed E-state index contributed by atoms with van der Waals surface area (Å²) in [6.07, 6.45) is -2.48. The van der Waals surface area contributed by atoms with Crippen LogP contribution in [0.3, 0.4) is 0 Å². The second-order valence-corrected chi connectivity index (χ2v) is 5.52. The maximum absolute atomic E-state index is 12.0. The van der Waals surface area contributed by atoms with Crippen molar-refractivity contribution < 1.29 is 13.6 Å². The Bertz CT molecular complexity index is 329. The first-order chi connectivity index (χ1) is 6.50. The summed E-state index contributed by atoms with van der Waals surface area (Å²) in [6, 6.07) is 1.69. The lowest BCUT2D eigenvalue weighted by Crippen LogP contribution is -2.30. The van der Waals surface area contributed by atoms with Gasteiger partial charge in [0, 0.05) is 12.4 Å². The Morgan fingerprint density at radius 2 is 2.36 bits per heavy atom. The number of hydrogen-bond acceptors (Lipinski definition) is 2. The molecule has 0 radical (unpaired) electrons. The van der Waals surface area contributed by atoms with Crippen molar-refractivity contribution in [1.29, 1.82) is 0 Å². The minimum Gasteiger partial charge on any atom is -0.336 e. The fraction of sp³-hybridized carbons (Fsp3) is 0.375. The molecular formula is C8H8F2INOS. The Morgan fingerprint density at radius 1 is 1.71 bits per heavy atom. The number of alkyl halides is 2. The van der Waals surface area contributed by atoms with Gasteiger partial charge in [-0.05, 0) is 28.7 Å². The Morgan fingerprint density at radius 3 is 2.79 bits per heavy atom. The summed E-state index contributed by atoms with van der Waals surface area (Å²) in [7, 11) is 1.37. The molecule has 2 nitrogen and oxygen atoms in total. The lowest BCUT2D eigenvalue weighted by Gasteiger charge is -2.15. The van der Waals surface area contributed by atoms with E-state index in [1.165, 1.54) is 18.4 Å². The Hall–Kier alpha value is -0.240. The minimum atomic E-state index is -2.48. The van der Waals surface area contributed by atoms with E-state index in [0.29, 0.717) is 5.56 Å². The Labute approximate surface area is 98.0 Å². The molecule has 0 aromatic carbocycles. The zero-order valence-electron chi connectivity index (χ0n) is 7.34. The molecule has 1 rings (SSSR count). The van der Waals surface area contributed by atoms with E-state index in [1.807, 2.05) is 0 Å². The topological polar surface area (TPSA) is 20.3 Å². The smallest absolute Gasteiger partial charge is 0.255 e. The van der Waals surface area contributed by atoms with Gasteiger partial charge in [-0.2, -0.15) is 0 Å². The molecule has 14 heavy (non-hydrogen) atoms. The number of halogens is 3. The number of rotatable bonds is 3. The quantitative estimate of drug-likeness (QED) is 0.780. The van der Waals surface area contributed by atoms with Gasteiger partial charge in [0.1, 0.15) is 0 Å². The third kappa shape index (κ3) is 3.16. The number of nitrogens with zero attached hydrogens (tertiary/aromatic N) is 1. The van der Waals surface area contributed by atoms with Crippen molar-refractivity contribution in [2.24, 2.45) is 0 Å². The van der Waals surface area contributed by atoms with Gasteiger partial charge in [-0.15, -0.1) is 11.3 Å². The van der Waals surface area contributed by atoms with Crippen LogP contribution in [0.4, 0.5) is 8.78 Å². The molecule has 0 atom stereocenters. The Kier molecular flexibility index (Phi) is 4.24. The average Bonchev–Trinajstić information content (AvgIpc) is 2.49. The van der Waals surface area contributed by atoms with Crippen LogP contribution in [-0.4, -0.2) is 30.8 Å². The molecule has 0 bridgehead atoms. The second kappa shape index (κ2) is 5.01. The maximum atomic E-state index is 12.0. The minimum absolute atomic E-state index is 0.357. The van der Waals surface area contributed by atoms with Crippen LogP contribution in [0.1, 0.15) is 10.4 Å². The van der Waals surface area contributed by atoms with Crippen molar-refractivity contribution in [2.45, 2.75) is 6.43 Å². The van der Waals surface area contributed by atoms with Crippen molar-refractivity contribution >= 4 is 39.8 Å². The molecule has 1 amide bonds. The van der Waals surface area contributed by atoms with E-state index >= 15 is 0 Å². The molecule has 0 aliphatic carbocycles. The summed E-state index contributed by atoms with van der Waals surface area (Å²) in [5.41, 5.74) is 0.475. The first-order valence-corrected chi connectivity index (χ1v) is 5.74. The number of hydrogen-bond donors (Lipinski definition) is 0. The normalized spacial score (nSPS) is 10.6. The molecule has 0 saturated heterocycles. The van der Waals surface area contributed by atoms with Crippen molar-refractivity contribution in [3.05, 3.63) is 19.9 Å². The van der Waals surface area contributed by atoms with Crippen LogP contribution in [0.5, 0.6) is 0 Å². The van der Waals surface area contributed by atoms with Gasteiger partial charge in [-0.1, -0.05) is 0 Å². The van der Waals surface area contributed by atoms with Crippen LogP contribution in [-0.2, 0) is 0 Å². The zero-order chi connectivity index (χ0) is 10.7. The van der Waals surface area contributed by atoms with Gasteiger partial charge >= 0.3 is 0 Å². The molecule has 1 aromatic rings. The number of carbonyl (C=O) groups is 1. The predicted octanol–water partition coefficient (Wildman–Crippen LogP) is 2.69. The third-order valence-corrected chi connectivity index (χ3v) is 3.36. The van der Waals surface area contributed by atoms with E-state index in [9.17, 15) is 13.6 Å². The highest BCUT2D eigenvalue weighted by Gasteiger charge is 2.16. The molecule has 0 aliphatic heterocycles. The molecule has 0 unspecified atom stereocenters. The van der Waals surface area contributed by atoms with Gasteiger partial charge in [0.25, 0.3) is 12.3 Å². The van der Waals surface area contributed by atoms with Gasteiger partial charge in [-0.25, -0.2) is 8.78 Å². The van der Waals surface area contributed by atoms with Gasteiger partial charge in [0.05, 0.1) is 15.0 Å². The molecular weight excluding hydrogens is 323 g/mol. The fourth-order valence-corrected chi connectivity index (χ4v) is 2.25. The Balaban J connectivity index is 2.65. The van der Waals surface area contributed by atoms with Crippen molar-refractivity contribution in [3.63, 3.8) is 0 Å². The van der Waals surface area contributed by atoms with Crippen LogP contribution in [0, 0.1) is 2.88 Å². The fourth-order valence-electron chi connectivity index (χ4n) is 0.933. The van der Waals surface area contributed by atoms with Gasteiger partial charge in [-0.3, -0.25) is 4.79 Å². The molecule has 1 aromatic heterocycles. The summed E-state index contributed by atoms with van der Waals surface area (Å²) < 4.78 is 24.9. The van der Waals surface area contributed by atoms with E-state index in [-0.39, 0.29) is 5.91 Å². The van der Waals surface area contributed by atoms with Crippen LogP contribution in [0.2, 0.25) is 0 Å². The predicted molar refractivity (Wildman–Crippen MR) is 60.0 cm³/mol. The molecule has 0 saturated carbocycles. The molecule has 0 aliphatic rings. The summed E-state index contributed by atoms with van der Waals surface area (Å²) in [6.45, 7) is -0.523. The standard InChI is InChI=1S/C8H8F2INOS/c1-12(3-6(9)10)8(13)5-2-7(11)14-4-5/h2,4,6H,3H2,1H3. The van der Waals surface area contributed by atoms with Crippen LogP contribution in [0.25, 0.3) is 0 Å². The largest absolute Gasteiger partial charge is 0.336 e. The second-order valence-electron chi connectivity index (χ2n) is 2.72. The molecule has 0 fully saturated rings. The SMILES string of the molecule is CN(CC(F)F)C(=O)c1csc(I)c1. The first-order valence-electron chi connectivity index (χ1n) is 3.78. The maximum Gasteiger partial charge on any atom is 0.255 e. The number of carbonyl (C=O) groups excluding carboxylic acids is 1. The van der Waals surface area contributed by atoms with E-state index in [2.05, 4.69) is 22.6 Å². The van der Waals surface area contributed by atoms with Gasteiger partial charge < -0.3 is 4.90 Å². The van der Waals surface area contributed by atoms with E-state index in [0.717, 1.165) is 7.78 Å². The summed E-state index contributed by atoms with van der Waals surface area (Å²) >= 11 is 3.50. The highest BCUT2D eigenvalue weighted by Crippen LogP contribution is 2.17. The first kappa shape index (κ1) is 11.8. The molecule has 1 heterocycles. The molecule has 0 N–H and O–H groups in total. The molecule has 6 heteroatoms. The van der Waals surface area contributed by atoms with E-state index < -0.39 is 13.0 Å². The van der Waals surface area contributed by atoms with Crippen LogP contribution < -0.4 is 0 Å². The molecule has 78 valence electrons. The van der Waals surface area contributed by atoms with Crippen molar-refractivity contribution in [3.8, 4) is 0 Å². The lowest BCUT2D eigenvalue weighted by molar-refractivity contribution is 0.0621. The van der Waals surface area contributed by atoms with Crippen molar-refractivity contribution in [1.82, 2.24) is 4.90 Å². The zero-order valence-corrected chi connectivity index (χ0v) is 10.3. The number of thiophene rings is 1.